The Kier molecular flexibility index (Phi) is 6.59. The lowest BCUT2D eigenvalue weighted by atomic mass is 10.2. The Morgan fingerprint density at radius 3 is 2.85 bits per heavy atom. The first kappa shape index (κ1) is 19.9. The Morgan fingerprint density at radius 2 is 2.11 bits per heavy atom. The third kappa shape index (κ3) is 4.93. The zero-order chi connectivity index (χ0) is 19.4. The van der Waals surface area contributed by atoms with E-state index in [9.17, 15) is 9.59 Å². The van der Waals surface area contributed by atoms with Crippen LogP contribution in [0.15, 0.2) is 45.9 Å². The van der Waals surface area contributed by atoms with Crippen molar-refractivity contribution in [1.29, 1.82) is 0 Å². The van der Waals surface area contributed by atoms with E-state index in [0.717, 1.165) is 0 Å². The molecule has 1 saturated heterocycles. The molecule has 0 aliphatic carbocycles. The Balaban J connectivity index is 1.52. The van der Waals surface area contributed by atoms with Crippen molar-refractivity contribution in [2.45, 2.75) is 12.8 Å². The standard InChI is InChI=1S/C18H14Cl2N2O3S2/c19-12-5-1-6-13(16(12)20)21-15(23)7-2-8-22-17(24)14(27-18(22)26)10-11-4-3-9-25-11/h1,3-6,9-10H,2,7-8H2,(H,21,23)/b14-10+. The molecule has 1 aromatic heterocycles. The molecule has 1 aliphatic rings. The average Bonchev–Trinajstić information content (AvgIpc) is 3.23. The fourth-order valence-corrected chi connectivity index (χ4v) is 4.04. The molecule has 0 saturated carbocycles. The van der Waals surface area contributed by atoms with E-state index in [1.807, 2.05) is 0 Å². The van der Waals surface area contributed by atoms with Gasteiger partial charge < -0.3 is 9.73 Å². The van der Waals surface area contributed by atoms with Crippen LogP contribution in [-0.4, -0.2) is 27.6 Å². The molecule has 0 unspecified atom stereocenters. The number of amides is 2. The SMILES string of the molecule is O=C(CCCN1C(=O)/C(=C\c2ccco2)SC1=S)Nc1cccc(Cl)c1Cl. The fourth-order valence-electron chi connectivity index (χ4n) is 2.41. The molecule has 140 valence electrons. The Labute approximate surface area is 175 Å². The molecule has 2 amide bonds. The van der Waals surface area contributed by atoms with E-state index in [1.54, 1.807) is 36.4 Å². The number of halogens is 2. The highest BCUT2D eigenvalue weighted by Gasteiger charge is 2.31. The lowest BCUT2D eigenvalue weighted by Gasteiger charge is -2.14. The maximum absolute atomic E-state index is 12.5. The van der Waals surface area contributed by atoms with Crippen molar-refractivity contribution in [2.24, 2.45) is 0 Å². The molecule has 0 radical (unpaired) electrons. The first-order valence-electron chi connectivity index (χ1n) is 7.98. The number of nitrogens with one attached hydrogen (secondary N) is 1. The van der Waals surface area contributed by atoms with E-state index in [2.05, 4.69) is 5.32 Å². The van der Waals surface area contributed by atoms with Crippen LogP contribution < -0.4 is 5.32 Å². The van der Waals surface area contributed by atoms with Gasteiger partial charge in [0, 0.05) is 19.0 Å². The van der Waals surface area contributed by atoms with Crippen molar-refractivity contribution in [1.82, 2.24) is 4.90 Å². The minimum absolute atomic E-state index is 0.181. The van der Waals surface area contributed by atoms with Crippen molar-refractivity contribution < 1.29 is 14.0 Å². The van der Waals surface area contributed by atoms with E-state index in [-0.39, 0.29) is 18.2 Å². The highest BCUT2D eigenvalue weighted by atomic mass is 35.5. The molecule has 1 aromatic carbocycles. The average molecular weight is 441 g/mol. The molecule has 1 fully saturated rings. The summed E-state index contributed by atoms with van der Waals surface area (Å²) >= 11 is 18.5. The lowest BCUT2D eigenvalue weighted by molar-refractivity contribution is -0.122. The zero-order valence-electron chi connectivity index (χ0n) is 13.9. The number of benzene rings is 1. The second-order valence-electron chi connectivity index (χ2n) is 5.60. The van der Waals surface area contributed by atoms with Gasteiger partial charge in [0.15, 0.2) is 0 Å². The number of anilines is 1. The number of rotatable bonds is 6. The second-order valence-corrected chi connectivity index (χ2v) is 8.06. The maximum atomic E-state index is 12.5. The summed E-state index contributed by atoms with van der Waals surface area (Å²) in [5, 5.41) is 3.39. The molecule has 3 rings (SSSR count). The summed E-state index contributed by atoms with van der Waals surface area (Å²) in [7, 11) is 0. The number of furan rings is 1. The van der Waals surface area contributed by atoms with Gasteiger partial charge in [0.25, 0.3) is 5.91 Å². The molecule has 0 bridgehead atoms. The van der Waals surface area contributed by atoms with Crippen LogP contribution in [-0.2, 0) is 9.59 Å². The van der Waals surface area contributed by atoms with Crippen LogP contribution in [0.5, 0.6) is 0 Å². The van der Waals surface area contributed by atoms with Crippen LogP contribution in [0.3, 0.4) is 0 Å². The summed E-state index contributed by atoms with van der Waals surface area (Å²) in [6.07, 6.45) is 3.88. The third-order valence-electron chi connectivity index (χ3n) is 3.70. The largest absolute Gasteiger partial charge is 0.465 e. The van der Waals surface area contributed by atoms with Crippen LogP contribution in [0.25, 0.3) is 6.08 Å². The molecule has 9 heteroatoms. The van der Waals surface area contributed by atoms with Gasteiger partial charge in [0.2, 0.25) is 5.91 Å². The number of thioether (sulfide) groups is 1. The molecular formula is C18H14Cl2N2O3S2. The van der Waals surface area contributed by atoms with Crippen molar-refractivity contribution in [3.05, 3.63) is 57.3 Å². The number of hydrogen-bond acceptors (Lipinski definition) is 5. The maximum Gasteiger partial charge on any atom is 0.266 e. The fraction of sp³-hybridized carbons (Fsp3) is 0.167. The van der Waals surface area contributed by atoms with Gasteiger partial charge in [-0.1, -0.05) is 53.2 Å². The Morgan fingerprint density at radius 1 is 1.30 bits per heavy atom. The number of nitrogens with zero attached hydrogens (tertiary/aromatic N) is 1. The van der Waals surface area contributed by atoms with Gasteiger partial charge in [-0.15, -0.1) is 0 Å². The second kappa shape index (κ2) is 8.93. The van der Waals surface area contributed by atoms with Gasteiger partial charge in [0.1, 0.15) is 10.1 Å². The Hall–Kier alpha value is -1.80. The minimum Gasteiger partial charge on any atom is -0.465 e. The highest BCUT2D eigenvalue weighted by molar-refractivity contribution is 8.26. The van der Waals surface area contributed by atoms with Gasteiger partial charge in [0.05, 0.1) is 26.9 Å². The number of hydrogen-bond donors (Lipinski definition) is 1. The van der Waals surface area contributed by atoms with E-state index in [1.165, 1.54) is 22.9 Å². The van der Waals surface area contributed by atoms with E-state index >= 15 is 0 Å². The third-order valence-corrected chi connectivity index (χ3v) is 5.90. The summed E-state index contributed by atoms with van der Waals surface area (Å²) in [5.74, 6) is 0.198. The molecular weight excluding hydrogens is 427 g/mol. The quantitative estimate of drug-likeness (QED) is 0.493. The van der Waals surface area contributed by atoms with Gasteiger partial charge in [-0.25, -0.2) is 0 Å². The monoisotopic (exact) mass is 440 g/mol. The van der Waals surface area contributed by atoms with Gasteiger partial charge in [-0.2, -0.15) is 0 Å². The van der Waals surface area contributed by atoms with E-state index in [0.29, 0.717) is 43.7 Å². The molecule has 1 aliphatic heterocycles. The zero-order valence-corrected chi connectivity index (χ0v) is 17.1. The van der Waals surface area contributed by atoms with Crippen molar-refractivity contribution in [3.63, 3.8) is 0 Å². The topological polar surface area (TPSA) is 62.6 Å². The van der Waals surface area contributed by atoms with Gasteiger partial charge in [-0.3, -0.25) is 14.5 Å². The molecule has 0 spiro atoms. The molecule has 0 atom stereocenters. The summed E-state index contributed by atoms with van der Waals surface area (Å²) < 4.78 is 5.69. The lowest BCUT2D eigenvalue weighted by Crippen LogP contribution is -2.29. The summed E-state index contributed by atoms with van der Waals surface area (Å²) in [6, 6.07) is 8.53. The normalized spacial score (nSPS) is 15.6. The van der Waals surface area contributed by atoms with E-state index < -0.39 is 0 Å². The predicted molar refractivity (Wildman–Crippen MR) is 113 cm³/mol. The van der Waals surface area contributed by atoms with Crippen LogP contribution in [0.2, 0.25) is 10.0 Å². The van der Waals surface area contributed by atoms with Crippen molar-refractivity contribution >= 4 is 75.1 Å². The summed E-state index contributed by atoms with van der Waals surface area (Å²) in [6.45, 7) is 0.358. The van der Waals surface area contributed by atoms with Crippen molar-refractivity contribution in [2.75, 3.05) is 11.9 Å². The van der Waals surface area contributed by atoms with Crippen LogP contribution in [0, 0.1) is 0 Å². The molecule has 1 N–H and O–H groups in total. The first-order chi connectivity index (χ1) is 13.0. The molecule has 27 heavy (non-hydrogen) atoms. The van der Waals surface area contributed by atoms with Gasteiger partial charge >= 0.3 is 0 Å². The number of carbonyl (C=O) groups excluding carboxylic acids is 2. The highest BCUT2D eigenvalue weighted by Crippen LogP contribution is 2.33. The smallest absolute Gasteiger partial charge is 0.266 e. The molecule has 2 aromatic rings. The number of carbonyl (C=O) groups is 2. The van der Waals surface area contributed by atoms with E-state index in [4.69, 9.17) is 39.8 Å². The van der Waals surface area contributed by atoms with Crippen LogP contribution in [0.4, 0.5) is 5.69 Å². The van der Waals surface area contributed by atoms with Crippen LogP contribution in [0.1, 0.15) is 18.6 Å². The molecule has 5 nitrogen and oxygen atoms in total. The Bertz CT molecular complexity index is 913. The first-order valence-corrected chi connectivity index (χ1v) is 9.96. The van der Waals surface area contributed by atoms with Crippen LogP contribution >= 0.6 is 47.2 Å². The summed E-state index contributed by atoms with van der Waals surface area (Å²) in [5.41, 5.74) is 0.459. The van der Waals surface area contributed by atoms with Crippen molar-refractivity contribution in [3.8, 4) is 0 Å². The number of thiocarbonyl (C=S) groups is 1. The summed E-state index contributed by atoms with van der Waals surface area (Å²) in [4.78, 5) is 26.6. The minimum atomic E-state index is -0.212. The van der Waals surface area contributed by atoms with Gasteiger partial charge in [-0.05, 0) is 30.7 Å². The predicted octanol–water partition coefficient (Wildman–Crippen LogP) is 5.21. The molecule has 2 heterocycles.